The number of hydrogen-bond acceptors (Lipinski definition) is 3. The molecule has 0 heterocycles. The summed E-state index contributed by atoms with van der Waals surface area (Å²) in [4.78, 5) is 12.3. The van der Waals surface area contributed by atoms with Gasteiger partial charge in [-0.3, -0.25) is 4.79 Å². The van der Waals surface area contributed by atoms with Gasteiger partial charge in [0.05, 0.1) is 13.2 Å². The van der Waals surface area contributed by atoms with Crippen LogP contribution in [-0.4, -0.2) is 25.6 Å². The predicted octanol–water partition coefficient (Wildman–Crippen LogP) is 3.00. The molecule has 1 aromatic carbocycles. The average molecular weight is 318 g/mol. The number of ether oxygens (including phenoxy) is 1. The van der Waals surface area contributed by atoms with Gasteiger partial charge in [0, 0.05) is 12.0 Å². The summed E-state index contributed by atoms with van der Waals surface area (Å²) in [5, 5.41) is 3.11. The molecule has 3 N–H and O–H groups in total. The number of benzene rings is 1. The third-order valence-electron chi connectivity index (χ3n) is 5.40. The summed E-state index contributed by atoms with van der Waals surface area (Å²) >= 11 is 0. The molecule has 1 aliphatic carbocycles. The van der Waals surface area contributed by atoms with Gasteiger partial charge in [-0.15, -0.1) is 0 Å². The Labute approximate surface area is 139 Å². The lowest BCUT2D eigenvalue weighted by Gasteiger charge is -2.31. The standard InChI is InChI=1S/C19H30N2O2/c1-4-14(2)17(20)18(22)21-13-19(10-5-6-11-19)15-8-7-9-16(12-15)23-3/h7-9,12,14,17H,4-6,10-11,13,20H2,1-3H3,(H,21,22). The molecule has 2 rings (SSSR count). The highest BCUT2D eigenvalue weighted by Gasteiger charge is 2.36. The van der Waals surface area contributed by atoms with Crippen molar-refractivity contribution in [2.24, 2.45) is 11.7 Å². The van der Waals surface area contributed by atoms with E-state index in [4.69, 9.17) is 10.5 Å². The normalized spacial score (nSPS) is 19.1. The maximum atomic E-state index is 12.3. The zero-order valence-corrected chi connectivity index (χ0v) is 14.6. The lowest BCUT2D eigenvalue weighted by molar-refractivity contribution is -0.123. The second-order valence-electron chi connectivity index (χ2n) is 6.85. The van der Waals surface area contributed by atoms with Gasteiger partial charge in [-0.25, -0.2) is 0 Å². The zero-order valence-electron chi connectivity index (χ0n) is 14.6. The Morgan fingerprint density at radius 3 is 2.70 bits per heavy atom. The van der Waals surface area contributed by atoms with Crippen LogP contribution in [0.3, 0.4) is 0 Å². The predicted molar refractivity (Wildman–Crippen MR) is 93.6 cm³/mol. The quantitative estimate of drug-likeness (QED) is 0.812. The number of nitrogens with two attached hydrogens (primary N) is 1. The third-order valence-corrected chi connectivity index (χ3v) is 5.40. The molecule has 4 nitrogen and oxygen atoms in total. The molecule has 1 fully saturated rings. The number of amides is 1. The summed E-state index contributed by atoms with van der Waals surface area (Å²) < 4.78 is 5.36. The fourth-order valence-electron chi connectivity index (χ4n) is 3.46. The molecule has 23 heavy (non-hydrogen) atoms. The topological polar surface area (TPSA) is 64.4 Å². The number of methoxy groups -OCH3 is 1. The lowest BCUT2D eigenvalue weighted by Crippen LogP contribution is -2.48. The molecule has 2 atom stereocenters. The molecule has 2 unspecified atom stereocenters. The first-order valence-corrected chi connectivity index (χ1v) is 8.70. The molecule has 1 amide bonds. The molecular weight excluding hydrogens is 288 g/mol. The van der Waals surface area contributed by atoms with Crippen LogP contribution in [0.4, 0.5) is 0 Å². The molecule has 1 aromatic rings. The van der Waals surface area contributed by atoms with E-state index in [0.29, 0.717) is 6.54 Å². The van der Waals surface area contributed by atoms with Gasteiger partial charge >= 0.3 is 0 Å². The second-order valence-corrected chi connectivity index (χ2v) is 6.85. The van der Waals surface area contributed by atoms with Crippen molar-refractivity contribution in [1.82, 2.24) is 5.32 Å². The van der Waals surface area contributed by atoms with Crippen molar-refractivity contribution in [2.45, 2.75) is 57.4 Å². The van der Waals surface area contributed by atoms with E-state index in [1.54, 1.807) is 7.11 Å². The minimum absolute atomic E-state index is 0.0133. The number of hydrogen-bond donors (Lipinski definition) is 2. The molecule has 0 saturated heterocycles. The van der Waals surface area contributed by atoms with E-state index in [9.17, 15) is 4.79 Å². The summed E-state index contributed by atoms with van der Waals surface area (Å²) in [5.41, 5.74) is 7.32. The van der Waals surface area contributed by atoms with Crippen molar-refractivity contribution in [3.8, 4) is 5.75 Å². The Bertz CT molecular complexity index is 524. The van der Waals surface area contributed by atoms with Crippen LogP contribution in [0, 0.1) is 5.92 Å². The summed E-state index contributed by atoms with van der Waals surface area (Å²) in [5.74, 6) is 1.04. The van der Waals surface area contributed by atoms with Gasteiger partial charge in [-0.1, -0.05) is 45.2 Å². The van der Waals surface area contributed by atoms with Crippen molar-refractivity contribution in [3.05, 3.63) is 29.8 Å². The average Bonchev–Trinajstić information content (AvgIpc) is 3.08. The van der Waals surface area contributed by atoms with E-state index in [1.807, 2.05) is 19.1 Å². The van der Waals surface area contributed by atoms with Crippen LogP contribution in [0.2, 0.25) is 0 Å². The van der Waals surface area contributed by atoms with Gasteiger partial charge < -0.3 is 15.8 Å². The number of rotatable bonds is 7. The number of nitrogens with one attached hydrogen (secondary N) is 1. The van der Waals surface area contributed by atoms with Crippen LogP contribution in [0.1, 0.15) is 51.5 Å². The molecule has 0 spiro atoms. The Morgan fingerprint density at radius 2 is 2.09 bits per heavy atom. The van der Waals surface area contributed by atoms with Gasteiger partial charge in [-0.2, -0.15) is 0 Å². The summed E-state index contributed by atoms with van der Waals surface area (Å²) in [6, 6.07) is 7.81. The maximum absolute atomic E-state index is 12.3. The van der Waals surface area contributed by atoms with E-state index in [1.165, 1.54) is 18.4 Å². The van der Waals surface area contributed by atoms with Gasteiger partial charge in [0.15, 0.2) is 0 Å². The fourth-order valence-corrected chi connectivity index (χ4v) is 3.46. The van der Waals surface area contributed by atoms with Gasteiger partial charge in [-0.05, 0) is 36.5 Å². The van der Waals surface area contributed by atoms with Crippen LogP contribution in [0.15, 0.2) is 24.3 Å². The Balaban J connectivity index is 2.11. The molecule has 1 aliphatic rings. The Kier molecular flexibility index (Phi) is 6.05. The van der Waals surface area contributed by atoms with Crippen LogP contribution in [-0.2, 0) is 10.2 Å². The molecule has 0 bridgehead atoms. The monoisotopic (exact) mass is 318 g/mol. The number of carbonyl (C=O) groups is 1. The highest BCUT2D eigenvalue weighted by molar-refractivity contribution is 5.81. The van der Waals surface area contributed by atoms with Crippen molar-refractivity contribution in [1.29, 1.82) is 0 Å². The minimum Gasteiger partial charge on any atom is -0.497 e. The van der Waals surface area contributed by atoms with Crippen LogP contribution < -0.4 is 15.8 Å². The van der Waals surface area contributed by atoms with Crippen molar-refractivity contribution in [3.63, 3.8) is 0 Å². The first kappa shape index (κ1) is 17.8. The van der Waals surface area contributed by atoms with Gasteiger partial charge in [0.1, 0.15) is 5.75 Å². The molecule has 0 radical (unpaired) electrons. The van der Waals surface area contributed by atoms with E-state index < -0.39 is 6.04 Å². The third kappa shape index (κ3) is 4.05. The summed E-state index contributed by atoms with van der Waals surface area (Å²) in [7, 11) is 1.69. The summed E-state index contributed by atoms with van der Waals surface area (Å²) in [6.45, 7) is 4.74. The molecular formula is C19H30N2O2. The highest BCUT2D eigenvalue weighted by atomic mass is 16.5. The SMILES string of the molecule is CCC(C)C(N)C(=O)NCC1(c2cccc(OC)c2)CCCC1. The van der Waals surface area contributed by atoms with E-state index in [0.717, 1.165) is 25.0 Å². The van der Waals surface area contributed by atoms with Crippen LogP contribution in [0.25, 0.3) is 0 Å². The second kappa shape index (κ2) is 7.82. The largest absolute Gasteiger partial charge is 0.497 e. The molecule has 0 aliphatic heterocycles. The molecule has 0 aromatic heterocycles. The van der Waals surface area contributed by atoms with Crippen molar-refractivity contribution < 1.29 is 9.53 Å². The van der Waals surface area contributed by atoms with E-state index in [-0.39, 0.29) is 17.2 Å². The first-order valence-electron chi connectivity index (χ1n) is 8.70. The van der Waals surface area contributed by atoms with E-state index in [2.05, 4.69) is 24.4 Å². The maximum Gasteiger partial charge on any atom is 0.237 e. The summed E-state index contributed by atoms with van der Waals surface area (Å²) in [6.07, 6.45) is 5.50. The van der Waals surface area contributed by atoms with E-state index >= 15 is 0 Å². The Morgan fingerprint density at radius 1 is 1.39 bits per heavy atom. The fraction of sp³-hybridized carbons (Fsp3) is 0.632. The van der Waals surface area contributed by atoms with Crippen molar-refractivity contribution >= 4 is 5.91 Å². The highest BCUT2D eigenvalue weighted by Crippen LogP contribution is 2.41. The van der Waals surface area contributed by atoms with Crippen LogP contribution in [0.5, 0.6) is 5.75 Å². The lowest BCUT2D eigenvalue weighted by atomic mass is 9.78. The van der Waals surface area contributed by atoms with Crippen molar-refractivity contribution in [2.75, 3.05) is 13.7 Å². The molecule has 4 heteroatoms. The molecule has 128 valence electrons. The van der Waals surface area contributed by atoms with Gasteiger partial charge in [0.2, 0.25) is 5.91 Å². The molecule has 1 saturated carbocycles. The Hall–Kier alpha value is -1.55. The van der Waals surface area contributed by atoms with Gasteiger partial charge in [0.25, 0.3) is 0 Å². The zero-order chi connectivity index (χ0) is 16.9. The first-order chi connectivity index (χ1) is 11.0. The number of carbonyl (C=O) groups excluding carboxylic acids is 1. The minimum atomic E-state index is -0.427. The van der Waals surface area contributed by atoms with Crippen LogP contribution >= 0.6 is 0 Å². The smallest absolute Gasteiger partial charge is 0.237 e.